The molecule has 1 saturated heterocycles. The number of benzene rings is 1. The van der Waals surface area contributed by atoms with Crippen LogP contribution in [0.5, 0.6) is 5.75 Å². The van der Waals surface area contributed by atoms with Gasteiger partial charge in [-0.2, -0.15) is 0 Å². The molecule has 0 amide bonds. The fraction of sp³-hybridized carbons (Fsp3) is 0.571. The number of piperazine rings is 1. The average Bonchev–Trinajstić information content (AvgIpc) is 2.40. The summed E-state index contributed by atoms with van der Waals surface area (Å²) >= 11 is 6.02. The molecule has 116 valence electrons. The Hall–Kier alpha value is -0.190. The SMILES string of the molecule is CCC[C@@H](c1ccc(O)c(Cl)c1)N1CCNCC1.Cl.Cl. The van der Waals surface area contributed by atoms with Crippen molar-refractivity contribution in [3.63, 3.8) is 0 Å². The van der Waals surface area contributed by atoms with Gasteiger partial charge in [-0.05, 0) is 24.1 Å². The van der Waals surface area contributed by atoms with Crippen LogP contribution >= 0.6 is 36.4 Å². The van der Waals surface area contributed by atoms with Gasteiger partial charge in [0.15, 0.2) is 0 Å². The molecule has 1 aromatic carbocycles. The Labute approximate surface area is 138 Å². The molecule has 0 radical (unpaired) electrons. The summed E-state index contributed by atoms with van der Waals surface area (Å²) in [5, 5.41) is 13.3. The Kier molecular flexibility index (Phi) is 9.60. The maximum Gasteiger partial charge on any atom is 0.134 e. The molecule has 0 aromatic heterocycles. The third-order valence-electron chi connectivity index (χ3n) is 3.51. The first-order chi connectivity index (χ1) is 8.72. The first-order valence-corrected chi connectivity index (χ1v) is 7.03. The minimum atomic E-state index is 0. The van der Waals surface area contributed by atoms with Gasteiger partial charge in [-0.25, -0.2) is 0 Å². The van der Waals surface area contributed by atoms with Crippen LogP contribution in [0.2, 0.25) is 5.02 Å². The van der Waals surface area contributed by atoms with Crippen LogP contribution in [-0.4, -0.2) is 36.2 Å². The van der Waals surface area contributed by atoms with Crippen LogP contribution < -0.4 is 5.32 Å². The van der Waals surface area contributed by atoms with E-state index in [1.165, 1.54) is 5.56 Å². The van der Waals surface area contributed by atoms with E-state index in [2.05, 4.69) is 17.1 Å². The monoisotopic (exact) mass is 340 g/mol. The van der Waals surface area contributed by atoms with E-state index in [9.17, 15) is 5.11 Å². The molecule has 0 saturated carbocycles. The van der Waals surface area contributed by atoms with Crippen molar-refractivity contribution >= 4 is 36.4 Å². The first-order valence-electron chi connectivity index (χ1n) is 6.65. The number of hydrogen-bond donors (Lipinski definition) is 2. The number of phenols is 1. The second kappa shape index (κ2) is 9.69. The lowest BCUT2D eigenvalue weighted by Gasteiger charge is -2.35. The van der Waals surface area contributed by atoms with E-state index in [1.54, 1.807) is 6.07 Å². The van der Waals surface area contributed by atoms with E-state index in [1.807, 2.05) is 12.1 Å². The summed E-state index contributed by atoms with van der Waals surface area (Å²) < 4.78 is 0. The molecule has 0 aliphatic carbocycles. The maximum absolute atomic E-state index is 9.51. The molecule has 0 spiro atoms. The highest BCUT2D eigenvalue weighted by atomic mass is 35.5. The summed E-state index contributed by atoms with van der Waals surface area (Å²) in [6, 6.07) is 6.00. The molecule has 0 unspecified atom stereocenters. The molecule has 1 aliphatic heterocycles. The normalized spacial score (nSPS) is 16.9. The molecule has 1 fully saturated rings. The fourth-order valence-corrected chi connectivity index (χ4v) is 2.75. The highest BCUT2D eigenvalue weighted by Crippen LogP contribution is 2.31. The molecule has 1 aliphatic rings. The Balaban J connectivity index is 0.00000180. The topological polar surface area (TPSA) is 35.5 Å². The molecule has 1 aromatic rings. The predicted molar refractivity (Wildman–Crippen MR) is 89.7 cm³/mol. The summed E-state index contributed by atoms with van der Waals surface area (Å²) in [6.45, 7) is 6.45. The van der Waals surface area contributed by atoms with E-state index < -0.39 is 0 Å². The maximum atomic E-state index is 9.51. The van der Waals surface area contributed by atoms with E-state index in [0.29, 0.717) is 11.1 Å². The van der Waals surface area contributed by atoms with E-state index in [4.69, 9.17) is 11.6 Å². The second-order valence-electron chi connectivity index (χ2n) is 4.80. The molecule has 1 heterocycles. The van der Waals surface area contributed by atoms with E-state index in [0.717, 1.165) is 39.0 Å². The largest absolute Gasteiger partial charge is 0.506 e. The van der Waals surface area contributed by atoms with Gasteiger partial charge in [-0.15, -0.1) is 24.8 Å². The van der Waals surface area contributed by atoms with Crippen LogP contribution in [0.3, 0.4) is 0 Å². The van der Waals surface area contributed by atoms with Crippen LogP contribution in [0, 0.1) is 0 Å². The smallest absolute Gasteiger partial charge is 0.134 e. The van der Waals surface area contributed by atoms with Crippen molar-refractivity contribution in [2.24, 2.45) is 0 Å². The van der Waals surface area contributed by atoms with Gasteiger partial charge in [0.2, 0.25) is 0 Å². The van der Waals surface area contributed by atoms with Gasteiger partial charge < -0.3 is 10.4 Å². The Morgan fingerprint density at radius 3 is 2.50 bits per heavy atom. The van der Waals surface area contributed by atoms with Crippen LogP contribution in [-0.2, 0) is 0 Å². The van der Waals surface area contributed by atoms with Crippen molar-refractivity contribution < 1.29 is 5.11 Å². The Morgan fingerprint density at radius 1 is 1.30 bits per heavy atom. The molecule has 2 rings (SSSR count). The lowest BCUT2D eigenvalue weighted by molar-refractivity contribution is 0.164. The number of nitrogens with one attached hydrogen (secondary N) is 1. The summed E-state index contributed by atoms with van der Waals surface area (Å²) in [5.74, 6) is 0.163. The van der Waals surface area contributed by atoms with Crippen molar-refractivity contribution in [2.45, 2.75) is 25.8 Å². The molecule has 0 bridgehead atoms. The zero-order chi connectivity index (χ0) is 13.0. The van der Waals surface area contributed by atoms with Crippen molar-refractivity contribution in [2.75, 3.05) is 26.2 Å². The van der Waals surface area contributed by atoms with Crippen LogP contribution in [0.15, 0.2) is 18.2 Å². The molecule has 1 atom stereocenters. The van der Waals surface area contributed by atoms with Gasteiger partial charge in [0.05, 0.1) is 5.02 Å². The molecular weight excluding hydrogens is 319 g/mol. The Morgan fingerprint density at radius 2 is 1.95 bits per heavy atom. The minimum Gasteiger partial charge on any atom is -0.506 e. The van der Waals surface area contributed by atoms with Gasteiger partial charge in [0, 0.05) is 32.2 Å². The number of phenolic OH excluding ortho intramolecular Hbond substituents is 1. The zero-order valence-electron chi connectivity index (χ0n) is 11.6. The highest BCUT2D eigenvalue weighted by molar-refractivity contribution is 6.32. The highest BCUT2D eigenvalue weighted by Gasteiger charge is 2.21. The third-order valence-corrected chi connectivity index (χ3v) is 3.81. The van der Waals surface area contributed by atoms with Crippen LogP contribution in [0.4, 0.5) is 0 Å². The standard InChI is InChI=1S/C14H21ClN2O.2ClH/c1-2-3-13(17-8-6-16-7-9-17)11-4-5-14(18)12(15)10-11;;/h4-5,10,13,16,18H,2-3,6-9H2,1H3;2*1H/t13-;;/m0../s1. The molecule has 2 N–H and O–H groups in total. The van der Waals surface area contributed by atoms with E-state index >= 15 is 0 Å². The van der Waals surface area contributed by atoms with Crippen molar-refractivity contribution in [3.8, 4) is 5.75 Å². The average molecular weight is 342 g/mol. The second-order valence-corrected chi connectivity index (χ2v) is 5.21. The Bertz CT molecular complexity index is 398. The first kappa shape index (κ1) is 19.8. The lowest BCUT2D eigenvalue weighted by atomic mass is 9.99. The van der Waals surface area contributed by atoms with Crippen LogP contribution in [0.1, 0.15) is 31.4 Å². The van der Waals surface area contributed by atoms with Crippen LogP contribution in [0.25, 0.3) is 0 Å². The number of rotatable bonds is 4. The number of aromatic hydroxyl groups is 1. The van der Waals surface area contributed by atoms with Crippen molar-refractivity contribution in [1.29, 1.82) is 0 Å². The number of hydrogen-bond acceptors (Lipinski definition) is 3. The van der Waals surface area contributed by atoms with Crippen molar-refractivity contribution in [3.05, 3.63) is 28.8 Å². The lowest BCUT2D eigenvalue weighted by Crippen LogP contribution is -2.45. The van der Waals surface area contributed by atoms with Gasteiger partial charge in [-0.1, -0.05) is 31.0 Å². The van der Waals surface area contributed by atoms with Gasteiger partial charge >= 0.3 is 0 Å². The quantitative estimate of drug-likeness (QED) is 0.877. The van der Waals surface area contributed by atoms with Gasteiger partial charge in [-0.3, -0.25) is 4.90 Å². The van der Waals surface area contributed by atoms with Crippen molar-refractivity contribution in [1.82, 2.24) is 10.2 Å². The van der Waals surface area contributed by atoms with Gasteiger partial charge in [0.25, 0.3) is 0 Å². The summed E-state index contributed by atoms with van der Waals surface area (Å²) in [6.07, 6.45) is 2.27. The number of nitrogens with zero attached hydrogens (tertiary/aromatic N) is 1. The third kappa shape index (κ3) is 4.97. The zero-order valence-corrected chi connectivity index (χ0v) is 14.0. The van der Waals surface area contributed by atoms with Gasteiger partial charge in [0.1, 0.15) is 5.75 Å². The summed E-state index contributed by atoms with van der Waals surface area (Å²) in [7, 11) is 0. The molecule has 3 nitrogen and oxygen atoms in total. The predicted octanol–water partition coefficient (Wildman–Crippen LogP) is 3.64. The fourth-order valence-electron chi connectivity index (χ4n) is 2.56. The molecule has 6 heteroatoms. The van der Waals surface area contributed by atoms with E-state index in [-0.39, 0.29) is 30.6 Å². The molecule has 20 heavy (non-hydrogen) atoms. The number of halogens is 3. The summed E-state index contributed by atoms with van der Waals surface area (Å²) in [4.78, 5) is 2.50. The summed E-state index contributed by atoms with van der Waals surface area (Å²) in [5.41, 5.74) is 1.21. The minimum absolute atomic E-state index is 0. The molecular formula is C14H23Cl3N2O.